The maximum Gasteiger partial charge on any atom is 0.272 e. The lowest BCUT2D eigenvalue weighted by Gasteiger charge is -2.16. The first-order valence-electron chi connectivity index (χ1n) is 9.78. The quantitative estimate of drug-likeness (QED) is 0.489. The molecule has 1 atom stereocenters. The number of benzene rings is 2. The van der Waals surface area contributed by atoms with Crippen molar-refractivity contribution in [3.05, 3.63) is 69.4 Å². The second-order valence-corrected chi connectivity index (χ2v) is 8.04. The van der Waals surface area contributed by atoms with E-state index < -0.39 is 0 Å². The number of nitrogens with zero attached hydrogens (tertiary/aromatic N) is 5. The Morgan fingerprint density at radius 1 is 1.13 bits per heavy atom. The van der Waals surface area contributed by atoms with Gasteiger partial charge in [0.15, 0.2) is 0 Å². The minimum Gasteiger partial charge on any atom is -0.339 e. The largest absolute Gasteiger partial charge is 0.339 e. The molecule has 1 unspecified atom stereocenters. The van der Waals surface area contributed by atoms with Crippen molar-refractivity contribution in [3.63, 3.8) is 0 Å². The van der Waals surface area contributed by atoms with E-state index in [1.807, 2.05) is 30.3 Å². The van der Waals surface area contributed by atoms with Gasteiger partial charge in [-0.3, -0.25) is 9.59 Å². The van der Waals surface area contributed by atoms with Crippen molar-refractivity contribution in [2.45, 2.75) is 19.3 Å². The molecule has 31 heavy (non-hydrogen) atoms. The molecule has 0 N–H and O–H groups in total. The number of aromatic nitrogens is 4. The molecule has 156 valence electrons. The van der Waals surface area contributed by atoms with E-state index in [9.17, 15) is 9.59 Å². The van der Waals surface area contributed by atoms with Gasteiger partial charge < -0.3 is 14.0 Å². The normalized spacial score (nSPS) is 16.4. The average Bonchev–Trinajstić information content (AvgIpc) is 3.39. The number of carbonyl (C=O) groups excluding carboxylic acids is 1. The smallest absolute Gasteiger partial charge is 0.272 e. The number of amides is 1. The van der Waals surface area contributed by atoms with E-state index in [-0.39, 0.29) is 23.8 Å². The number of halogens is 1. The highest BCUT2D eigenvalue weighted by Gasteiger charge is 2.35. The average molecular weight is 436 g/mol. The number of aryl methyl sites for hydroxylation is 2. The lowest BCUT2D eigenvalue weighted by Crippen LogP contribution is -2.24. The Morgan fingerprint density at radius 3 is 2.77 bits per heavy atom. The van der Waals surface area contributed by atoms with E-state index in [2.05, 4.69) is 15.1 Å². The molecule has 0 aliphatic carbocycles. The van der Waals surface area contributed by atoms with Gasteiger partial charge in [0.25, 0.3) is 5.56 Å². The first-order chi connectivity index (χ1) is 14.9. The Morgan fingerprint density at radius 2 is 1.97 bits per heavy atom. The maximum atomic E-state index is 12.5. The molecule has 0 bridgehead atoms. The van der Waals surface area contributed by atoms with Crippen LogP contribution < -0.4 is 10.5 Å². The van der Waals surface area contributed by atoms with Gasteiger partial charge in [0.1, 0.15) is 5.69 Å². The SMILES string of the molecule is Cc1nc2cc(-c3noc(C4CC(=O)N(c5cccc(Cl)c5)C4)n3)ccc2n(C)c1=O. The first-order valence-corrected chi connectivity index (χ1v) is 10.2. The van der Waals surface area contributed by atoms with Crippen LogP contribution in [0.3, 0.4) is 0 Å². The summed E-state index contributed by atoms with van der Waals surface area (Å²) >= 11 is 6.06. The van der Waals surface area contributed by atoms with Gasteiger partial charge in [0.05, 0.1) is 17.0 Å². The third-order valence-corrected chi connectivity index (χ3v) is 5.77. The van der Waals surface area contributed by atoms with Crippen LogP contribution in [0.25, 0.3) is 22.4 Å². The van der Waals surface area contributed by atoms with Crippen molar-refractivity contribution in [3.8, 4) is 11.4 Å². The van der Waals surface area contributed by atoms with E-state index >= 15 is 0 Å². The van der Waals surface area contributed by atoms with Crippen molar-refractivity contribution in [2.24, 2.45) is 7.05 Å². The molecule has 5 rings (SSSR count). The molecule has 0 saturated carbocycles. The number of carbonyl (C=O) groups is 1. The van der Waals surface area contributed by atoms with Crippen LogP contribution in [0.1, 0.15) is 23.9 Å². The van der Waals surface area contributed by atoms with Gasteiger partial charge in [-0.15, -0.1) is 0 Å². The monoisotopic (exact) mass is 435 g/mol. The molecule has 1 aliphatic rings. The fourth-order valence-electron chi connectivity index (χ4n) is 3.90. The Hall–Kier alpha value is -3.52. The van der Waals surface area contributed by atoms with Crippen molar-refractivity contribution >= 4 is 34.2 Å². The van der Waals surface area contributed by atoms with Crippen LogP contribution in [-0.4, -0.2) is 32.1 Å². The zero-order valence-electron chi connectivity index (χ0n) is 16.9. The van der Waals surface area contributed by atoms with Crippen LogP contribution >= 0.6 is 11.6 Å². The Labute approximate surface area is 182 Å². The van der Waals surface area contributed by atoms with Crippen LogP contribution in [0.15, 0.2) is 51.8 Å². The molecule has 4 aromatic rings. The number of fused-ring (bicyclic) bond motifs is 1. The molecule has 1 amide bonds. The minimum atomic E-state index is -0.200. The van der Waals surface area contributed by atoms with Crippen molar-refractivity contribution in [2.75, 3.05) is 11.4 Å². The number of anilines is 1. The summed E-state index contributed by atoms with van der Waals surface area (Å²) in [4.78, 5) is 35.2. The molecule has 9 heteroatoms. The summed E-state index contributed by atoms with van der Waals surface area (Å²) in [6.07, 6.45) is 0.286. The third kappa shape index (κ3) is 3.38. The lowest BCUT2D eigenvalue weighted by atomic mass is 10.1. The molecule has 8 nitrogen and oxygen atoms in total. The molecule has 3 heterocycles. The minimum absolute atomic E-state index is 0.0154. The van der Waals surface area contributed by atoms with Gasteiger partial charge in [0, 0.05) is 36.3 Å². The predicted octanol–water partition coefficient (Wildman–Crippen LogP) is 3.47. The van der Waals surface area contributed by atoms with Crippen molar-refractivity contribution in [1.82, 2.24) is 19.7 Å². The van der Waals surface area contributed by atoms with E-state index in [1.54, 1.807) is 35.6 Å². The summed E-state index contributed by atoms with van der Waals surface area (Å²) in [7, 11) is 1.72. The van der Waals surface area contributed by atoms with Crippen LogP contribution in [0.5, 0.6) is 0 Å². The zero-order valence-corrected chi connectivity index (χ0v) is 17.6. The van der Waals surface area contributed by atoms with E-state index in [4.69, 9.17) is 16.1 Å². The zero-order chi connectivity index (χ0) is 21.7. The van der Waals surface area contributed by atoms with E-state index in [0.717, 1.165) is 16.8 Å². The molecule has 1 aliphatic heterocycles. The second-order valence-electron chi connectivity index (χ2n) is 7.61. The molecular weight excluding hydrogens is 418 g/mol. The van der Waals surface area contributed by atoms with Crippen molar-refractivity contribution in [1.29, 1.82) is 0 Å². The van der Waals surface area contributed by atoms with Crippen LogP contribution in [0.2, 0.25) is 5.02 Å². The van der Waals surface area contributed by atoms with Gasteiger partial charge in [-0.2, -0.15) is 4.98 Å². The molecular formula is C22H18ClN5O3. The molecule has 0 radical (unpaired) electrons. The summed E-state index contributed by atoms with van der Waals surface area (Å²) in [6.45, 7) is 2.13. The Kier molecular flexibility index (Phi) is 4.59. The summed E-state index contributed by atoms with van der Waals surface area (Å²) in [6, 6.07) is 12.7. The van der Waals surface area contributed by atoms with E-state index in [1.165, 1.54) is 0 Å². The highest BCUT2D eigenvalue weighted by Crippen LogP contribution is 2.33. The van der Waals surface area contributed by atoms with Gasteiger partial charge >= 0.3 is 0 Å². The van der Waals surface area contributed by atoms with Crippen molar-refractivity contribution < 1.29 is 9.32 Å². The highest BCUT2D eigenvalue weighted by atomic mass is 35.5. The summed E-state index contributed by atoms with van der Waals surface area (Å²) in [5, 5.41) is 4.68. The number of hydrogen-bond donors (Lipinski definition) is 0. The fourth-order valence-corrected chi connectivity index (χ4v) is 4.09. The number of rotatable bonds is 3. The van der Waals surface area contributed by atoms with Gasteiger partial charge in [-0.05, 0) is 43.3 Å². The van der Waals surface area contributed by atoms with Crippen LogP contribution in [-0.2, 0) is 11.8 Å². The van der Waals surface area contributed by atoms with Crippen LogP contribution in [0.4, 0.5) is 5.69 Å². The number of hydrogen-bond acceptors (Lipinski definition) is 6. The molecule has 2 aromatic carbocycles. The van der Waals surface area contributed by atoms with Gasteiger partial charge in [0.2, 0.25) is 17.6 Å². The maximum absolute atomic E-state index is 12.5. The van der Waals surface area contributed by atoms with E-state index in [0.29, 0.717) is 34.5 Å². The predicted molar refractivity (Wildman–Crippen MR) is 116 cm³/mol. The molecule has 2 aromatic heterocycles. The standard InChI is InChI=1S/C22H18ClN5O3/c1-12-22(30)27(2)18-7-6-13(8-17(18)24-12)20-25-21(31-26-20)14-9-19(29)28(11-14)16-5-3-4-15(23)10-16/h3-8,10,14H,9,11H2,1-2H3. The topological polar surface area (TPSA) is 94.1 Å². The summed E-state index contributed by atoms with van der Waals surface area (Å²) in [5.41, 5.74) is 3.17. The fraction of sp³-hybridized carbons (Fsp3) is 0.227. The highest BCUT2D eigenvalue weighted by molar-refractivity contribution is 6.30. The van der Waals surface area contributed by atoms with Gasteiger partial charge in [-0.1, -0.05) is 22.8 Å². The Bertz CT molecular complexity index is 1390. The third-order valence-electron chi connectivity index (χ3n) is 5.53. The molecule has 1 saturated heterocycles. The lowest BCUT2D eigenvalue weighted by molar-refractivity contribution is -0.117. The first kappa shape index (κ1) is 19.4. The summed E-state index contributed by atoms with van der Waals surface area (Å²) in [5.74, 6) is 0.615. The summed E-state index contributed by atoms with van der Waals surface area (Å²) < 4.78 is 7.06. The molecule has 1 fully saturated rings. The van der Waals surface area contributed by atoms with Crippen LogP contribution in [0, 0.1) is 6.92 Å². The second kappa shape index (κ2) is 7.31. The van der Waals surface area contributed by atoms with Gasteiger partial charge in [-0.25, -0.2) is 4.98 Å². The Balaban J connectivity index is 1.43. The molecule has 0 spiro atoms.